The lowest BCUT2D eigenvalue weighted by Gasteiger charge is -2.26. The molecule has 7 nitrogen and oxygen atoms in total. The van der Waals surface area contributed by atoms with Crippen molar-refractivity contribution < 1.29 is 17.9 Å². The fourth-order valence-corrected chi connectivity index (χ4v) is 3.48. The quantitative estimate of drug-likeness (QED) is 0.767. The number of hydrogen-bond acceptors (Lipinski definition) is 5. The highest BCUT2D eigenvalue weighted by molar-refractivity contribution is 7.89. The van der Waals surface area contributed by atoms with Crippen LogP contribution in [0.15, 0.2) is 29.2 Å². The molecule has 1 aromatic rings. The van der Waals surface area contributed by atoms with Gasteiger partial charge in [-0.3, -0.25) is 4.79 Å². The van der Waals surface area contributed by atoms with Crippen molar-refractivity contribution in [3.8, 4) is 0 Å². The number of hydrogen-bond donors (Lipinski definition) is 2. The smallest absolute Gasteiger partial charge is 0.251 e. The van der Waals surface area contributed by atoms with Gasteiger partial charge in [-0.05, 0) is 18.2 Å². The van der Waals surface area contributed by atoms with Gasteiger partial charge in [-0.15, -0.1) is 12.4 Å². The van der Waals surface area contributed by atoms with E-state index in [0.717, 1.165) is 0 Å². The Morgan fingerprint density at radius 2 is 2.00 bits per heavy atom. The predicted molar refractivity (Wildman–Crippen MR) is 84.7 cm³/mol. The lowest BCUT2D eigenvalue weighted by molar-refractivity contribution is 0.0730. The molecule has 1 saturated heterocycles. The van der Waals surface area contributed by atoms with Gasteiger partial charge in [-0.2, -0.15) is 4.31 Å². The van der Waals surface area contributed by atoms with E-state index in [4.69, 9.17) is 10.5 Å². The summed E-state index contributed by atoms with van der Waals surface area (Å²) in [6, 6.07) is 6.01. The molecular weight excluding hydrogens is 330 g/mol. The number of nitrogens with one attached hydrogen (secondary N) is 1. The molecule has 1 aliphatic heterocycles. The Balaban J connectivity index is 0.00000242. The molecule has 124 valence electrons. The molecule has 0 atom stereocenters. The zero-order valence-electron chi connectivity index (χ0n) is 12.0. The lowest BCUT2D eigenvalue weighted by Crippen LogP contribution is -2.40. The number of halogens is 1. The molecule has 22 heavy (non-hydrogen) atoms. The third kappa shape index (κ3) is 4.40. The van der Waals surface area contributed by atoms with Crippen LogP contribution in [0.5, 0.6) is 0 Å². The molecule has 9 heteroatoms. The van der Waals surface area contributed by atoms with Gasteiger partial charge in [0.1, 0.15) is 0 Å². The molecule has 0 spiro atoms. The standard InChI is InChI=1S/C13H19N3O4S.ClH/c14-4-5-15-13(17)11-2-1-3-12(10-11)21(18,19)16-6-8-20-9-7-16;/h1-3,10H,4-9,14H2,(H,15,17);1H. The highest BCUT2D eigenvalue weighted by Gasteiger charge is 2.26. The normalized spacial score (nSPS) is 15.9. The maximum atomic E-state index is 12.5. The van der Waals surface area contributed by atoms with Gasteiger partial charge >= 0.3 is 0 Å². The van der Waals surface area contributed by atoms with Crippen molar-refractivity contribution in [3.63, 3.8) is 0 Å². The van der Waals surface area contributed by atoms with Crippen LogP contribution >= 0.6 is 12.4 Å². The summed E-state index contributed by atoms with van der Waals surface area (Å²) in [5.41, 5.74) is 5.63. The van der Waals surface area contributed by atoms with E-state index in [2.05, 4.69) is 5.32 Å². The summed E-state index contributed by atoms with van der Waals surface area (Å²) in [6.07, 6.45) is 0. The second-order valence-electron chi connectivity index (χ2n) is 4.59. The number of amides is 1. The largest absolute Gasteiger partial charge is 0.379 e. The molecule has 0 aliphatic carbocycles. The van der Waals surface area contributed by atoms with Gasteiger partial charge in [-0.1, -0.05) is 6.07 Å². The Hall–Kier alpha value is -1.19. The fourth-order valence-electron chi connectivity index (χ4n) is 2.02. The molecule has 0 saturated carbocycles. The summed E-state index contributed by atoms with van der Waals surface area (Å²) < 4.78 is 31.5. The van der Waals surface area contributed by atoms with E-state index in [9.17, 15) is 13.2 Å². The van der Waals surface area contributed by atoms with Crippen molar-refractivity contribution in [2.75, 3.05) is 39.4 Å². The van der Waals surface area contributed by atoms with E-state index in [1.807, 2.05) is 0 Å². The third-order valence-corrected chi connectivity index (χ3v) is 5.03. The number of rotatable bonds is 5. The number of nitrogens with zero attached hydrogens (tertiary/aromatic N) is 1. The van der Waals surface area contributed by atoms with E-state index in [-0.39, 0.29) is 23.2 Å². The molecule has 1 fully saturated rings. The number of carbonyl (C=O) groups excluding carboxylic acids is 1. The molecule has 3 N–H and O–H groups in total. The number of ether oxygens (including phenoxy) is 1. The molecule has 2 rings (SSSR count). The van der Waals surface area contributed by atoms with Crippen molar-refractivity contribution in [1.82, 2.24) is 9.62 Å². The Labute approximate surface area is 136 Å². The summed E-state index contributed by atoms with van der Waals surface area (Å²) >= 11 is 0. The first-order chi connectivity index (χ1) is 10.1. The topological polar surface area (TPSA) is 102 Å². The molecule has 0 radical (unpaired) electrons. The number of benzene rings is 1. The van der Waals surface area contributed by atoms with Crippen molar-refractivity contribution >= 4 is 28.3 Å². The average Bonchev–Trinajstić information content (AvgIpc) is 2.53. The molecule has 0 aromatic heterocycles. The van der Waals surface area contributed by atoms with Gasteiger partial charge in [0, 0.05) is 31.7 Å². The Morgan fingerprint density at radius 3 is 2.64 bits per heavy atom. The van der Waals surface area contributed by atoms with Gasteiger partial charge in [0.25, 0.3) is 5.91 Å². The van der Waals surface area contributed by atoms with Gasteiger partial charge in [0.2, 0.25) is 10.0 Å². The first-order valence-corrected chi connectivity index (χ1v) is 8.16. The molecule has 1 aliphatic rings. The molecule has 1 amide bonds. The predicted octanol–water partition coefficient (Wildman–Crippen LogP) is -0.182. The highest BCUT2D eigenvalue weighted by atomic mass is 35.5. The molecule has 1 heterocycles. The number of nitrogens with two attached hydrogens (primary N) is 1. The zero-order chi connectivity index (χ0) is 15.3. The van der Waals surface area contributed by atoms with Crippen LogP contribution in [0.2, 0.25) is 0 Å². The van der Waals surface area contributed by atoms with Gasteiger partial charge in [0.15, 0.2) is 0 Å². The van der Waals surface area contributed by atoms with Crippen LogP contribution in [0.1, 0.15) is 10.4 Å². The maximum absolute atomic E-state index is 12.5. The highest BCUT2D eigenvalue weighted by Crippen LogP contribution is 2.18. The summed E-state index contributed by atoms with van der Waals surface area (Å²) in [4.78, 5) is 12.0. The van der Waals surface area contributed by atoms with Crippen LogP contribution in [0, 0.1) is 0 Å². The van der Waals surface area contributed by atoms with E-state index >= 15 is 0 Å². The first kappa shape index (κ1) is 18.9. The van der Waals surface area contributed by atoms with E-state index in [1.165, 1.54) is 16.4 Å². The minimum absolute atomic E-state index is 0. The number of morpholine rings is 1. The SMILES string of the molecule is Cl.NCCNC(=O)c1cccc(S(=O)(=O)N2CCOCC2)c1. The Kier molecular flexibility index (Phi) is 7.24. The minimum Gasteiger partial charge on any atom is -0.379 e. The third-order valence-electron chi connectivity index (χ3n) is 3.13. The van der Waals surface area contributed by atoms with E-state index in [1.54, 1.807) is 12.1 Å². The second-order valence-corrected chi connectivity index (χ2v) is 6.53. The Morgan fingerprint density at radius 1 is 1.32 bits per heavy atom. The van der Waals surface area contributed by atoms with Crippen LogP contribution < -0.4 is 11.1 Å². The first-order valence-electron chi connectivity index (χ1n) is 6.72. The van der Waals surface area contributed by atoms with Gasteiger partial charge < -0.3 is 15.8 Å². The van der Waals surface area contributed by atoms with Gasteiger partial charge in [0.05, 0.1) is 18.1 Å². The lowest BCUT2D eigenvalue weighted by atomic mass is 10.2. The van der Waals surface area contributed by atoms with Crippen LogP contribution in [0.25, 0.3) is 0 Å². The maximum Gasteiger partial charge on any atom is 0.251 e. The number of sulfonamides is 1. The fraction of sp³-hybridized carbons (Fsp3) is 0.462. The van der Waals surface area contributed by atoms with Crippen molar-refractivity contribution in [3.05, 3.63) is 29.8 Å². The molecular formula is C13H20ClN3O4S. The van der Waals surface area contributed by atoms with Crippen LogP contribution in [-0.2, 0) is 14.8 Å². The van der Waals surface area contributed by atoms with Crippen molar-refractivity contribution in [2.24, 2.45) is 5.73 Å². The van der Waals surface area contributed by atoms with Crippen molar-refractivity contribution in [2.45, 2.75) is 4.90 Å². The minimum atomic E-state index is -3.59. The molecule has 0 unspecified atom stereocenters. The van der Waals surface area contributed by atoms with Crippen molar-refractivity contribution in [1.29, 1.82) is 0 Å². The summed E-state index contributed by atoms with van der Waals surface area (Å²) in [5.74, 6) is -0.334. The summed E-state index contributed by atoms with van der Waals surface area (Å²) in [7, 11) is -3.59. The average molecular weight is 350 g/mol. The molecule has 0 bridgehead atoms. The Bertz CT molecular complexity index is 603. The van der Waals surface area contributed by atoms with Crippen LogP contribution in [0.4, 0.5) is 0 Å². The zero-order valence-corrected chi connectivity index (χ0v) is 13.7. The number of carbonyl (C=O) groups is 1. The summed E-state index contributed by atoms with van der Waals surface area (Å²) in [5, 5.41) is 2.61. The van der Waals surface area contributed by atoms with E-state index < -0.39 is 10.0 Å². The molecule has 1 aromatic carbocycles. The second kappa shape index (κ2) is 8.44. The van der Waals surface area contributed by atoms with Gasteiger partial charge in [-0.25, -0.2) is 8.42 Å². The van der Waals surface area contributed by atoms with Crippen LogP contribution in [0.3, 0.4) is 0 Å². The summed E-state index contributed by atoms with van der Waals surface area (Å²) in [6.45, 7) is 2.10. The monoisotopic (exact) mass is 349 g/mol. The van der Waals surface area contributed by atoms with Crippen LogP contribution in [-0.4, -0.2) is 58.0 Å². The van der Waals surface area contributed by atoms with E-state index in [0.29, 0.717) is 45.0 Å².